The molecule has 3 nitrogen and oxygen atoms in total. The van der Waals surface area contributed by atoms with Crippen molar-refractivity contribution in [2.75, 3.05) is 6.73 Å². The smallest absolute Gasteiger partial charge is 0.159 e. The van der Waals surface area contributed by atoms with Gasteiger partial charge in [-0.25, -0.2) is 0 Å². The molecule has 0 radical (unpaired) electrons. The second-order valence-corrected chi connectivity index (χ2v) is 10.1. The van der Waals surface area contributed by atoms with Crippen LogP contribution in [0.15, 0.2) is 53.4 Å². The molecule has 2 aliphatic heterocycles. The second kappa shape index (κ2) is 9.76. The maximum Gasteiger partial charge on any atom is 0.159 e. The SMILES string of the molecule is CCCC1(CCC)Oc2ccc(C3CCC(CCc4ccccc4)N3CO)cc2S1. The zero-order valence-corrected chi connectivity index (χ0v) is 19.2. The molecule has 0 amide bonds. The summed E-state index contributed by atoms with van der Waals surface area (Å²) in [6, 6.07) is 18.2. The Bertz CT molecular complexity index is 819. The molecule has 1 saturated heterocycles. The molecule has 1 N–H and O–H groups in total. The Balaban J connectivity index is 1.46. The van der Waals surface area contributed by atoms with Gasteiger partial charge in [-0.15, -0.1) is 0 Å². The predicted octanol–water partition coefficient (Wildman–Crippen LogP) is 6.56. The predicted molar refractivity (Wildman–Crippen MR) is 125 cm³/mol. The average molecular weight is 426 g/mol. The molecular formula is C26H35NO2S. The summed E-state index contributed by atoms with van der Waals surface area (Å²) in [6.45, 7) is 4.60. The Morgan fingerprint density at radius 1 is 1.07 bits per heavy atom. The minimum atomic E-state index is -0.0883. The number of benzene rings is 2. The summed E-state index contributed by atoms with van der Waals surface area (Å²) in [5, 5.41) is 10.2. The Kier molecular flexibility index (Phi) is 7.07. The highest BCUT2D eigenvalue weighted by Crippen LogP contribution is 2.53. The van der Waals surface area contributed by atoms with Crippen molar-refractivity contribution in [3.05, 3.63) is 59.7 Å². The van der Waals surface area contributed by atoms with E-state index in [1.54, 1.807) is 0 Å². The van der Waals surface area contributed by atoms with Gasteiger partial charge in [0, 0.05) is 12.1 Å². The molecule has 0 aromatic heterocycles. The molecule has 2 heterocycles. The van der Waals surface area contributed by atoms with E-state index in [2.05, 4.69) is 67.3 Å². The molecule has 0 saturated carbocycles. The summed E-state index contributed by atoms with van der Waals surface area (Å²) in [4.78, 5) is 3.49. The van der Waals surface area contributed by atoms with Crippen LogP contribution in [0.25, 0.3) is 0 Å². The second-order valence-electron chi connectivity index (χ2n) is 8.75. The lowest BCUT2D eigenvalue weighted by Crippen LogP contribution is -2.32. The molecule has 2 aliphatic rings. The zero-order chi connectivity index (χ0) is 21.0. The van der Waals surface area contributed by atoms with E-state index in [1.807, 2.05) is 11.8 Å². The first-order valence-corrected chi connectivity index (χ1v) is 12.4. The van der Waals surface area contributed by atoms with Crippen LogP contribution in [-0.4, -0.2) is 27.7 Å². The van der Waals surface area contributed by atoms with E-state index in [0.717, 1.165) is 57.1 Å². The van der Waals surface area contributed by atoms with E-state index in [9.17, 15) is 5.11 Å². The van der Waals surface area contributed by atoms with Gasteiger partial charge in [0.25, 0.3) is 0 Å². The van der Waals surface area contributed by atoms with Crippen LogP contribution >= 0.6 is 11.8 Å². The maximum absolute atomic E-state index is 10.2. The zero-order valence-electron chi connectivity index (χ0n) is 18.3. The molecule has 0 bridgehead atoms. The number of likely N-dealkylation sites (tertiary alicyclic amines) is 1. The Morgan fingerprint density at radius 3 is 2.53 bits per heavy atom. The number of thioether (sulfide) groups is 1. The minimum Gasteiger partial charge on any atom is -0.475 e. The van der Waals surface area contributed by atoms with Gasteiger partial charge in [-0.2, -0.15) is 0 Å². The Hall–Kier alpha value is -1.49. The lowest BCUT2D eigenvalue weighted by atomic mass is 10.0. The third kappa shape index (κ3) is 4.56. The van der Waals surface area contributed by atoms with Gasteiger partial charge in [0.2, 0.25) is 0 Å². The molecule has 2 aromatic carbocycles. The normalized spacial score (nSPS) is 22.8. The van der Waals surface area contributed by atoms with E-state index in [0.29, 0.717) is 12.1 Å². The summed E-state index contributed by atoms with van der Waals surface area (Å²) in [5.41, 5.74) is 2.71. The lowest BCUT2D eigenvalue weighted by molar-refractivity contribution is 0.0596. The number of fused-ring (bicyclic) bond motifs is 1. The van der Waals surface area contributed by atoms with E-state index < -0.39 is 0 Å². The first-order valence-electron chi connectivity index (χ1n) is 11.6. The summed E-state index contributed by atoms with van der Waals surface area (Å²) in [5.74, 6) is 1.04. The Labute approximate surface area is 185 Å². The van der Waals surface area contributed by atoms with E-state index in [4.69, 9.17) is 4.74 Å². The van der Waals surface area contributed by atoms with Crippen LogP contribution < -0.4 is 4.74 Å². The number of aliphatic hydroxyl groups excluding tert-OH is 1. The fraction of sp³-hybridized carbons (Fsp3) is 0.538. The van der Waals surface area contributed by atoms with Crippen molar-refractivity contribution in [1.29, 1.82) is 0 Å². The lowest BCUT2D eigenvalue weighted by Gasteiger charge is -2.28. The van der Waals surface area contributed by atoms with Crippen molar-refractivity contribution in [2.45, 2.75) is 87.1 Å². The molecule has 2 atom stereocenters. The summed E-state index contributed by atoms with van der Waals surface area (Å²) >= 11 is 1.92. The first kappa shape index (κ1) is 21.7. The minimum absolute atomic E-state index is 0.0883. The van der Waals surface area contributed by atoms with Crippen LogP contribution in [0.1, 0.15) is 76.0 Å². The summed E-state index contributed by atoms with van der Waals surface area (Å²) < 4.78 is 6.45. The van der Waals surface area contributed by atoms with Crippen LogP contribution in [0.5, 0.6) is 5.75 Å². The third-order valence-corrected chi connectivity index (χ3v) is 8.02. The molecule has 30 heavy (non-hydrogen) atoms. The van der Waals surface area contributed by atoms with Crippen LogP contribution in [0.2, 0.25) is 0 Å². The third-order valence-electron chi connectivity index (χ3n) is 6.62. The monoisotopic (exact) mass is 425 g/mol. The highest BCUT2D eigenvalue weighted by molar-refractivity contribution is 8.00. The van der Waals surface area contributed by atoms with Crippen molar-refractivity contribution < 1.29 is 9.84 Å². The van der Waals surface area contributed by atoms with Gasteiger partial charge >= 0.3 is 0 Å². The number of ether oxygens (including phenoxy) is 1. The van der Waals surface area contributed by atoms with E-state index >= 15 is 0 Å². The van der Waals surface area contributed by atoms with Crippen LogP contribution in [0.4, 0.5) is 0 Å². The van der Waals surface area contributed by atoms with E-state index in [-0.39, 0.29) is 11.7 Å². The quantitative estimate of drug-likeness (QED) is 0.493. The molecule has 4 rings (SSSR count). The molecule has 1 fully saturated rings. The number of hydrogen-bond acceptors (Lipinski definition) is 4. The van der Waals surface area contributed by atoms with E-state index in [1.165, 1.54) is 16.0 Å². The van der Waals surface area contributed by atoms with Gasteiger partial charge < -0.3 is 9.84 Å². The van der Waals surface area contributed by atoms with Gasteiger partial charge in [-0.05, 0) is 61.8 Å². The fourth-order valence-electron chi connectivity index (χ4n) is 5.21. The number of aliphatic hydroxyl groups is 1. The highest BCUT2D eigenvalue weighted by atomic mass is 32.2. The molecule has 162 valence electrons. The number of aryl methyl sites for hydroxylation is 1. The van der Waals surface area contributed by atoms with Crippen LogP contribution in [0.3, 0.4) is 0 Å². The molecule has 4 heteroatoms. The summed E-state index contributed by atoms with van der Waals surface area (Å²) in [6.07, 6.45) is 8.87. The topological polar surface area (TPSA) is 32.7 Å². The van der Waals surface area contributed by atoms with Gasteiger partial charge in [0.1, 0.15) is 5.75 Å². The highest BCUT2D eigenvalue weighted by Gasteiger charge is 2.40. The van der Waals surface area contributed by atoms with Crippen LogP contribution in [0, 0.1) is 0 Å². The van der Waals surface area contributed by atoms with Crippen molar-refractivity contribution in [2.24, 2.45) is 0 Å². The van der Waals surface area contributed by atoms with Crippen molar-refractivity contribution in [3.63, 3.8) is 0 Å². The first-order chi connectivity index (χ1) is 14.7. The number of rotatable bonds is 9. The Morgan fingerprint density at radius 2 is 1.83 bits per heavy atom. The van der Waals surface area contributed by atoms with Gasteiger partial charge in [0.05, 0.1) is 11.6 Å². The van der Waals surface area contributed by atoms with Crippen molar-refractivity contribution in [3.8, 4) is 5.75 Å². The van der Waals surface area contributed by atoms with Gasteiger partial charge in [-0.1, -0.05) is 74.8 Å². The van der Waals surface area contributed by atoms with Gasteiger partial charge in [0.15, 0.2) is 4.93 Å². The number of nitrogens with zero attached hydrogens (tertiary/aromatic N) is 1. The molecule has 2 aromatic rings. The molecular weight excluding hydrogens is 390 g/mol. The largest absolute Gasteiger partial charge is 0.475 e. The molecule has 2 unspecified atom stereocenters. The molecule has 0 aliphatic carbocycles. The summed E-state index contributed by atoms with van der Waals surface area (Å²) in [7, 11) is 0. The van der Waals surface area contributed by atoms with Crippen molar-refractivity contribution >= 4 is 11.8 Å². The fourth-order valence-corrected chi connectivity index (χ4v) is 6.76. The molecule has 0 spiro atoms. The average Bonchev–Trinajstić information content (AvgIpc) is 3.33. The maximum atomic E-state index is 10.2. The van der Waals surface area contributed by atoms with Gasteiger partial charge in [-0.3, -0.25) is 4.90 Å². The standard InChI is InChI=1S/C26H35NO2S/c1-3-16-26(17-4-2)29-24-15-11-21(18-25(24)30-26)23-14-13-22(27(23)19-28)12-10-20-8-6-5-7-9-20/h5-9,11,15,18,22-23,28H,3-4,10,12-14,16-17,19H2,1-2H3. The van der Waals surface area contributed by atoms with Crippen molar-refractivity contribution in [1.82, 2.24) is 4.90 Å². The van der Waals surface area contributed by atoms with Crippen LogP contribution in [-0.2, 0) is 6.42 Å². The number of hydrogen-bond donors (Lipinski definition) is 1.